The third-order valence-corrected chi connectivity index (χ3v) is 3.26. The molecule has 2 aromatic rings. The second-order valence-corrected chi connectivity index (χ2v) is 4.86. The number of carbonyl (C=O) groups is 1. The van der Waals surface area contributed by atoms with Crippen LogP contribution in [0.25, 0.3) is 5.69 Å². The predicted molar refractivity (Wildman–Crippen MR) is 67.4 cm³/mol. The molecule has 0 aliphatic carbocycles. The number of hydrogen-bond acceptors (Lipinski definition) is 3. The predicted octanol–water partition coefficient (Wildman–Crippen LogP) is 2.27. The molecule has 0 radical (unpaired) electrons. The summed E-state index contributed by atoms with van der Waals surface area (Å²) in [6.07, 6.45) is 0.632. The molecular formula is C12H9BrN2O3. The Morgan fingerprint density at radius 2 is 2.28 bits per heavy atom. The third-order valence-electron chi connectivity index (χ3n) is 2.77. The van der Waals surface area contributed by atoms with Gasteiger partial charge in [0.15, 0.2) is 5.69 Å². The number of carboxylic acid groups (broad SMARTS) is 1. The van der Waals surface area contributed by atoms with Gasteiger partial charge < -0.3 is 9.84 Å². The minimum absolute atomic E-state index is 0.0535. The maximum atomic E-state index is 11.0. The van der Waals surface area contributed by atoms with Gasteiger partial charge in [-0.15, -0.1) is 0 Å². The number of ether oxygens (including phenoxy) is 1. The molecule has 0 bridgehead atoms. The molecule has 1 aromatic carbocycles. The van der Waals surface area contributed by atoms with Crippen molar-refractivity contribution in [3.63, 3.8) is 0 Å². The van der Waals surface area contributed by atoms with Gasteiger partial charge in [0.2, 0.25) is 0 Å². The molecule has 3 rings (SSSR count). The van der Waals surface area contributed by atoms with E-state index in [1.165, 1.54) is 0 Å². The molecule has 0 fully saturated rings. The van der Waals surface area contributed by atoms with Crippen molar-refractivity contribution in [2.45, 2.75) is 6.42 Å². The number of nitrogens with zero attached hydrogens (tertiary/aromatic N) is 2. The second kappa shape index (κ2) is 4.13. The zero-order valence-corrected chi connectivity index (χ0v) is 10.8. The quantitative estimate of drug-likeness (QED) is 0.877. The molecule has 6 heteroatoms. The smallest absolute Gasteiger partial charge is 0.356 e. The van der Waals surface area contributed by atoms with E-state index >= 15 is 0 Å². The Morgan fingerprint density at radius 1 is 1.44 bits per heavy atom. The van der Waals surface area contributed by atoms with Crippen molar-refractivity contribution >= 4 is 21.9 Å². The lowest BCUT2D eigenvalue weighted by Crippen LogP contribution is -2.02. The molecule has 0 unspecified atom stereocenters. The molecule has 5 nitrogen and oxygen atoms in total. The van der Waals surface area contributed by atoms with E-state index in [1.54, 1.807) is 10.7 Å². The van der Waals surface area contributed by atoms with Crippen LogP contribution in [0, 0.1) is 0 Å². The summed E-state index contributed by atoms with van der Waals surface area (Å²) in [6.45, 7) is 0.513. The van der Waals surface area contributed by atoms with Crippen LogP contribution in [-0.2, 0) is 6.42 Å². The van der Waals surface area contributed by atoms with Crippen LogP contribution < -0.4 is 4.74 Å². The van der Waals surface area contributed by atoms with E-state index in [0.29, 0.717) is 18.8 Å². The molecule has 0 amide bonds. The van der Waals surface area contributed by atoms with Crippen molar-refractivity contribution in [1.29, 1.82) is 0 Å². The summed E-state index contributed by atoms with van der Waals surface area (Å²) in [7, 11) is 0. The highest BCUT2D eigenvalue weighted by atomic mass is 79.9. The average molecular weight is 309 g/mol. The largest absolute Gasteiger partial charge is 0.491 e. The molecule has 0 atom stereocenters. The third kappa shape index (κ3) is 1.78. The summed E-state index contributed by atoms with van der Waals surface area (Å²) >= 11 is 3.39. The summed E-state index contributed by atoms with van der Waals surface area (Å²) in [4.78, 5) is 11.0. The van der Waals surface area contributed by atoms with Crippen LogP contribution in [0.1, 0.15) is 16.2 Å². The topological polar surface area (TPSA) is 64.3 Å². The molecule has 1 aliphatic rings. The first kappa shape index (κ1) is 11.3. The van der Waals surface area contributed by atoms with Gasteiger partial charge in [0, 0.05) is 16.6 Å². The number of aromatic carboxylic acids is 1. The Labute approximate surface area is 111 Å². The maximum absolute atomic E-state index is 11.0. The van der Waals surface area contributed by atoms with Gasteiger partial charge in [-0.1, -0.05) is 15.9 Å². The Hall–Kier alpha value is -1.82. The van der Waals surface area contributed by atoms with Gasteiger partial charge in [0.1, 0.15) is 11.4 Å². The van der Waals surface area contributed by atoms with Crippen LogP contribution >= 0.6 is 15.9 Å². The minimum atomic E-state index is -1.02. The average Bonchev–Trinajstić information content (AvgIpc) is 2.68. The Balaban J connectivity index is 2.22. The molecule has 0 saturated carbocycles. The Kier molecular flexibility index (Phi) is 2.59. The van der Waals surface area contributed by atoms with Gasteiger partial charge in [-0.25, -0.2) is 9.48 Å². The van der Waals surface area contributed by atoms with Gasteiger partial charge in [0.05, 0.1) is 6.61 Å². The lowest BCUT2D eigenvalue weighted by molar-refractivity contribution is 0.0690. The number of halogens is 1. The molecule has 1 aromatic heterocycles. The lowest BCUT2D eigenvalue weighted by atomic mass is 10.2. The van der Waals surface area contributed by atoms with Gasteiger partial charge >= 0.3 is 5.97 Å². The van der Waals surface area contributed by atoms with Gasteiger partial charge in [-0.05, 0) is 24.3 Å². The number of rotatable bonds is 1. The van der Waals surface area contributed by atoms with E-state index < -0.39 is 5.97 Å². The highest BCUT2D eigenvalue weighted by molar-refractivity contribution is 9.10. The first-order chi connectivity index (χ1) is 8.65. The fourth-order valence-corrected chi connectivity index (χ4v) is 2.30. The summed E-state index contributed by atoms with van der Waals surface area (Å²) in [5.41, 5.74) is 1.64. The molecule has 18 heavy (non-hydrogen) atoms. The number of fused-ring (bicyclic) bond motifs is 3. The van der Waals surface area contributed by atoms with Crippen molar-refractivity contribution in [2.24, 2.45) is 0 Å². The Morgan fingerprint density at radius 3 is 3.06 bits per heavy atom. The maximum Gasteiger partial charge on any atom is 0.356 e. The van der Waals surface area contributed by atoms with Crippen molar-refractivity contribution in [3.05, 3.63) is 40.1 Å². The summed E-state index contributed by atoms with van der Waals surface area (Å²) < 4.78 is 8.14. The molecule has 92 valence electrons. The van der Waals surface area contributed by atoms with Crippen molar-refractivity contribution in [2.75, 3.05) is 6.61 Å². The normalized spacial score (nSPS) is 13.2. The Bertz CT molecular complexity index is 636. The first-order valence-corrected chi connectivity index (χ1v) is 6.19. The molecule has 0 spiro atoms. The monoisotopic (exact) mass is 308 g/mol. The van der Waals surface area contributed by atoms with Crippen molar-refractivity contribution in [3.8, 4) is 11.4 Å². The SMILES string of the molecule is O=C(O)c1cc2n(n1)-c1cc(Br)ccc1OCC2. The van der Waals surface area contributed by atoms with Crippen molar-refractivity contribution < 1.29 is 14.6 Å². The van der Waals surface area contributed by atoms with E-state index in [9.17, 15) is 4.79 Å². The zero-order valence-electron chi connectivity index (χ0n) is 9.26. The van der Waals surface area contributed by atoms with Gasteiger partial charge in [-0.3, -0.25) is 0 Å². The molecule has 0 saturated heterocycles. The summed E-state index contributed by atoms with van der Waals surface area (Å²) in [5.74, 6) is -0.315. The highest BCUT2D eigenvalue weighted by Crippen LogP contribution is 2.30. The van der Waals surface area contributed by atoms with E-state index in [4.69, 9.17) is 9.84 Å². The van der Waals surface area contributed by atoms with E-state index in [2.05, 4.69) is 21.0 Å². The zero-order chi connectivity index (χ0) is 12.7. The number of benzene rings is 1. The van der Waals surface area contributed by atoms with Crippen molar-refractivity contribution in [1.82, 2.24) is 9.78 Å². The number of aromatic nitrogens is 2. The fraction of sp³-hybridized carbons (Fsp3) is 0.167. The summed E-state index contributed by atoms with van der Waals surface area (Å²) in [6, 6.07) is 7.17. The van der Waals surface area contributed by atoms with Gasteiger partial charge in [0.25, 0.3) is 0 Å². The minimum Gasteiger partial charge on any atom is -0.491 e. The highest BCUT2D eigenvalue weighted by Gasteiger charge is 2.20. The fourth-order valence-electron chi connectivity index (χ4n) is 1.95. The molecule has 1 N–H and O–H groups in total. The standard InChI is InChI=1S/C12H9BrN2O3/c13-7-1-2-11-10(5-7)15-8(3-4-18-11)6-9(14-15)12(16)17/h1-2,5-6H,3-4H2,(H,16,17). The van der Waals surface area contributed by atoms with Gasteiger partial charge in [-0.2, -0.15) is 5.10 Å². The van der Waals surface area contributed by atoms with Crippen LogP contribution in [-0.4, -0.2) is 27.5 Å². The molecular weight excluding hydrogens is 300 g/mol. The lowest BCUT2D eigenvalue weighted by Gasteiger charge is -2.08. The molecule has 1 aliphatic heterocycles. The van der Waals surface area contributed by atoms with E-state index in [0.717, 1.165) is 15.9 Å². The first-order valence-electron chi connectivity index (χ1n) is 5.40. The van der Waals surface area contributed by atoms with Crippen LogP contribution in [0.3, 0.4) is 0 Å². The molecule has 2 heterocycles. The number of carboxylic acids is 1. The number of hydrogen-bond donors (Lipinski definition) is 1. The second-order valence-electron chi connectivity index (χ2n) is 3.95. The van der Waals surface area contributed by atoms with Crippen LogP contribution in [0.4, 0.5) is 0 Å². The van der Waals surface area contributed by atoms with Crippen LogP contribution in [0.5, 0.6) is 5.75 Å². The van der Waals surface area contributed by atoms with Crippen LogP contribution in [0.15, 0.2) is 28.7 Å². The van der Waals surface area contributed by atoms with Crippen LogP contribution in [0.2, 0.25) is 0 Å². The van der Waals surface area contributed by atoms with E-state index in [-0.39, 0.29) is 5.69 Å². The summed E-state index contributed by atoms with van der Waals surface area (Å²) in [5, 5.41) is 13.1. The van der Waals surface area contributed by atoms with E-state index in [1.807, 2.05) is 18.2 Å².